The van der Waals surface area contributed by atoms with Crippen molar-refractivity contribution in [2.75, 3.05) is 7.11 Å². The maximum absolute atomic E-state index is 12.5. The monoisotopic (exact) mass is 457 g/mol. The molecule has 0 amide bonds. The number of carbonyl (C=O) groups excluding carboxylic acids is 1. The average Bonchev–Trinajstić information content (AvgIpc) is 2.78. The van der Waals surface area contributed by atoms with E-state index in [4.69, 9.17) is 32.7 Å². The van der Waals surface area contributed by atoms with Crippen molar-refractivity contribution in [3.63, 3.8) is 0 Å². The van der Waals surface area contributed by atoms with Crippen LogP contribution in [-0.2, 0) is 6.61 Å². The fourth-order valence-corrected chi connectivity index (χ4v) is 3.22. The molecule has 0 saturated heterocycles. The summed E-state index contributed by atoms with van der Waals surface area (Å²) in [5, 5.41) is 11.8. The molecule has 3 aromatic rings. The van der Waals surface area contributed by atoms with Crippen LogP contribution in [-0.4, -0.2) is 17.8 Å². The van der Waals surface area contributed by atoms with Crippen LogP contribution < -0.4 is 9.47 Å². The quantitative estimate of drug-likeness (QED) is 0.169. The van der Waals surface area contributed by atoms with Crippen LogP contribution in [0.4, 0.5) is 5.69 Å². The predicted molar refractivity (Wildman–Crippen MR) is 120 cm³/mol. The highest BCUT2D eigenvalue weighted by Crippen LogP contribution is 2.33. The fraction of sp³-hybridized carbons (Fsp3) is 0.0870. The lowest BCUT2D eigenvalue weighted by molar-refractivity contribution is -0.385. The number of methoxy groups -OCH3 is 1. The summed E-state index contributed by atoms with van der Waals surface area (Å²) in [5.41, 5.74) is 1.21. The Morgan fingerprint density at radius 2 is 1.84 bits per heavy atom. The molecular formula is C23H17Cl2NO5. The second-order valence-corrected chi connectivity index (χ2v) is 7.17. The van der Waals surface area contributed by atoms with E-state index in [0.29, 0.717) is 27.1 Å². The summed E-state index contributed by atoms with van der Waals surface area (Å²) in [6.07, 6.45) is 2.87. The van der Waals surface area contributed by atoms with Gasteiger partial charge in [-0.25, -0.2) is 0 Å². The third-order valence-electron chi connectivity index (χ3n) is 4.40. The van der Waals surface area contributed by atoms with E-state index >= 15 is 0 Å². The number of nitrogens with zero attached hydrogens (tertiary/aromatic N) is 1. The minimum atomic E-state index is -0.579. The number of rotatable bonds is 8. The first-order valence-electron chi connectivity index (χ1n) is 9.10. The van der Waals surface area contributed by atoms with Crippen molar-refractivity contribution in [1.29, 1.82) is 0 Å². The van der Waals surface area contributed by atoms with Crippen LogP contribution in [0.5, 0.6) is 11.5 Å². The largest absolute Gasteiger partial charge is 0.496 e. The van der Waals surface area contributed by atoms with E-state index in [0.717, 1.165) is 5.56 Å². The van der Waals surface area contributed by atoms with Crippen LogP contribution in [0, 0.1) is 10.1 Å². The second kappa shape index (κ2) is 10.1. The Kier molecular flexibility index (Phi) is 7.28. The smallest absolute Gasteiger partial charge is 0.280 e. The molecule has 8 heteroatoms. The third kappa shape index (κ3) is 5.42. The lowest BCUT2D eigenvalue weighted by atomic mass is 10.1. The topological polar surface area (TPSA) is 78.7 Å². The summed E-state index contributed by atoms with van der Waals surface area (Å²) in [4.78, 5) is 23.0. The van der Waals surface area contributed by atoms with Crippen LogP contribution in [0.2, 0.25) is 10.0 Å². The fourth-order valence-electron chi connectivity index (χ4n) is 2.87. The highest BCUT2D eigenvalue weighted by Gasteiger charge is 2.17. The molecule has 0 bridgehead atoms. The number of carbonyl (C=O) groups is 1. The van der Waals surface area contributed by atoms with Crippen molar-refractivity contribution in [2.45, 2.75) is 6.61 Å². The molecule has 0 aromatic heterocycles. The van der Waals surface area contributed by atoms with Gasteiger partial charge in [-0.2, -0.15) is 0 Å². The molecule has 31 heavy (non-hydrogen) atoms. The van der Waals surface area contributed by atoms with Gasteiger partial charge in [0.25, 0.3) is 5.69 Å². The number of ketones is 1. The van der Waals surface area contributed by atoms with Gasteiger partial charge in [0.2, 0.25) is 0 Å². The SMILES string of the molecule is COc1ccc(/C=C/C(=O)c2ccccc2[N+](=O)[O-])cc1COc1cccc(Cl)c1Cl. The van der Waals surface area contributed by atoms with Gasteiger partial charge in [0.1, 0.15) is 23.1 Å². The van der Waals surface area contributed by atoms with Gasteiger partial charge < -0.3 is 9.47 Å². The minimum Gasteiger partial charge on any atom is -0.496 e. The molecule has 0 atom stereocenters. The molecule has 0 aliphatic carbocycles. The van der Waals surface area contributed by atoms with E-state index < -0.39 is 10.7 Å². The molecule has 0 radical (unpaired) electrons. The molecular weight excluding hydrogens is 441 g/mol. The number of ether oxygens (including phenoxy) is 2. The van der Waals surface area contributed by atoms with Gasteiger partial charge in [0, 0.05) is 11.6 Å². The summed E-state index contributed by atoms with van der Waals surface area (Å²) >= 11 is 12.2. The van der Waals surface area contributed by atoms with Crippen molar-refractivity contribution in [3.8, 4) is 11.5 Å². The zero-order valence-corrected chi connectivity index (χ0v) is 17.9. The van der Waals surface area contributed by atoms with Gasteiger partial charge in [-0.1, -0.05) is 53.5 Å². The van der Waals surface area contributed by atoms with Crippen LogP contribution in [0.3, 0.4) is 0 Å². The Morgan fingerprint density at radius 1 is 1.06 bits per heavy atom. The number of hydrogen-bond acceptors (Lipinski definition) is 5. The third-order valence-corrected chi connectivity index (χ3v) is 5.20. The normalized spacial score (nSPS) is 10.8. The Labute approximate surface area is 188 Å². The molecule has 158 valence electrons. The Bertz CT molecular complexity index is 1160. The first kappa shape index (κ1) is 22.3. The van der Waals surface area contributed by atoms with Crippen molar-refractivity contribution in [2.24, 2.45) is 0 Å². The van der Waals surface area contributed by atoms with E-state index in [1.807, 2.05) is 0 Å². The van der Waals surface area contributed by atoms with Gasteiger partial charge in [-0.15, -0.1) is 0 Å². The molecule has 3 aromatic carbocycles. The van der Waals surface area contributed by atoms with Crippen molar-refractivity contribution < 1.29 is 19.2 Å². The van der Waals surface area contributed by atoms with Crippen molar-refractivity contribution in [3.05, 3.63) is 104 Å². The molecule has 0 fully saturated rings. The number of allylic oxidation sites excluding steroid dienone is 1. The van der Waals surface area contributed by atoms with E-state index in [1.54, 1.807) is 55.7 Å². The van der Waals surface area contributed by atoms with Gasteiger partial charge in [0.05, 0.1) is 22.6 Å². The molecule has 0 heterocycles. The zero-order valence-electron chi connectivity index (χ0n) is 16.4. The highest BCUT2D eigenvalue weighted by molar-refractivity contribution is 6.42. The van der Waals surface area contributed by atoms with Crippen LogP contribution >= 0.6 is 23.2 Å². The number of hydrogen-bond donors (Lipinski definition) is 0. The summed E-state index contributed by atoms with van der Waals surface area (Å²) < 4.78 is 11.2. The Balaban J connectivity index is 1.81. The van der Waals surface area contributed by atoms with Crippen molar-refractivity contribution >= 4 is 40.7 Å². The maximum atomic E-state index is 12.5. The lowest BCUT2D eigenvalue weighted by Crippen LogP contribution is -2.01. The maximum Gasteiger partial charge on any atom is 0.280 e. The molecule has 0 saturated carbocycles. The zero-order chi connectivity index (χ0) is 22.4. The van der Waals surface area contributed by atoms with Gasteiger partial charge in [0.15, 0.2) is 5.78 Å². The average molecular weight is 458 g/mol. The molecule has 0 unspecified atom stereocenters. The van der Waals surface area contributed by atoms with Gasteiger partial charge in [-0.05, 0) is 42.0 Å². The van der Waals surface area contributed by atoms with E-state index in [9.17, 15) is 14.9 Å². The second-order valence-electron chi connectivity index (χ2n) is 6.38. The molecule has 6 nitrogen and oxygen atoms in total. The minimum absolute atomic E-state index is 0.0245. The number of benzene rings is 3. The van der Waals surface area contributed by atoms with E-state index in [1.165, 1.54) is 24.3 Å². The molecule has 0 aliphatic rings. The summed E-state index contributed by atoms with van der Waals surface area (Å²) in [5.74, 6) is 0.565. The van der Waals surface area contributed by atoms with E-state index in [-0.39, 0.29) is 17.9 Å². The standard InChI is InChI=1S/C23H17Cl2NO5/c1-30-21-12-10-15(9-11-20(27)17-5-2-3-7-19(17)26(28)29)13-16(21)14-31-22-8-4-6-18(24)23(22)25/h2-13H,14H2,1H3/b11-9+. The molecule has 0 aliphatic heterocycles. The molecule has 0 spiro atoms. The molecule has 0 N–H and O–H groups in total. The summed E-state index contributed by atoms with van der Waals surface area (Å²) in [7, 11) is 1.54. The predicted octanol–water partition coefficient (Wildman–Crippen LogP) is 6.39. The highest BCUT2D eigenvalue weighted by atomic mass is 35.5. The van der Waals surface area contributed by atoms with E-state index in [2.05, 4.69) is 0 Å². The Morgan fingerprint density at radius 3 is 2.58 bits per heavy atom. The Hall–Kier alpha value is -3.35. The lowest BCUT2D eigenvalue weighted by Gasteiger charge is -2.12. The van der Waals surface area contributed by atoms with Crippen LogP contribution in [0.25, 0.3) is 6.08 Å². The number of para-hydroxylation sites is 1. The van der Waals surface area contributed by atoms with Gasteiger partial charge >= 0.3 is 0 Å². The van der Waals surface area contributed by atoms with Crippen LogP contribution in [0.1, 0.15) is 21.5 Å². The number of halogens is 2. The first-order valence-corrected chi connectivity index (χ1v) is 9.86. The summed E-state index contributed by atoms with van der Waals surface area (Å²) in [6, 6.07) is 16.2. The summed E-state index contributed by atoms with van der Waals surface area (Å²) in [6.45, 7) is 0.156. The first-order chi connectivity index (χ1) is 14.9. The number of nitro benzene ring substituents is 1. The number of nitro groups is 1. The molecule has 3 rings (SSSR count). The van der Waals surface area contributed by atoms with Crippen molar-refractivity contribution in [1.82, 2.24) is 0 Å². The van der Waals surface area contributed by atoms with Gasteiger partial charge in [-0.3, -0.25) is 14.9 Å². The van der Waals surface area contributed by atoms with Crippen LogP contribution in [0.15, 0.2) is 66.7 Å².